The minimum absolute atomic E-state index is 0.203. The lowest BCUT2D eigenvalue weighted by molar-refractivity contribution is -0.116. The standard InChI is InChI=1S/C13H20ClN3O/c1-2-3-6-17(9-13(16)18)12-5-4-11(14)7-10(12)8-15/h4-5,7H,2-3,6,8-9,15H2,1H3,(H2,16,18). The largest absolute Gasteiger partial charge is 0.368 e. The molecule has 0 saturated heterocycles. The van der Waals surface area contributed by atoms with Crippen LogP contribution in [-0.4, -0.2) is 19.0 Å². The van der Waals surface area contributed by atoms with Gasteiger partial charge in [-0.1, -0.05) is 24.9 Å². The Labute approximate surface area is 113 Å². The van der Waals surface area contributed by atoms with Crippen molar-refractivity contribution in [2.75, 3.05) is 18.0 Å². The SMILES string of the molecule is CCCCN(CC(N)=O)c1ccc(Cl)cc1CN. The summed E-state index contributed by atoms with van der Waals surface area (Å²) in [5.41, 5.74) is 12.9. The van der Waals surface area contributed by atoms with Gasteiger partial charge in [0.1, 0.15) is 0 Å². The van der Waals surface area contributed by atoms with Crippen LogP contribution in [-0.2, 0) is 11.3 Å². The molecule has 1 amide bonds. The van der Waals surface area contributed by atoms with Crippen LogP contribution in [0.5, 0.6) is 0 Å². The molecule has 100 valence electrons. The number of nitrogens with two attached hydrogens (primary N) is 2. The van der Waals surface area contributed by atoms with Crippen LogP contribution in [0.4, 0.5) is 5.69 Å². The van der Waals surface area contributed by atoms with Crippen molar-refractivity contribution in [3.63, 3.8) is 0 Å². The summed E-state index contributed by atoms with van der Waals surface area (Å²) < 4.78 is 0. The first-order valence-corrected chi connectivity index (χ1v) is 6.48. The predicted molar refractivity (Wildman–Crippen MR) is 75.7 cm³/mol. The number of unbranched alkanes of at least 4 members (excludes halogenated alkanes) is 1. The molecule has 0 atom stereocenters. The topological polar surface area (TPSA) is 72.3 Å². The van der Waals surface area contributed by atoms with Gasteiger partial charge in [0, 0.05) is 23.8 Å². The highest BCUT2D eigenvalue weighted by molar-refractivity contribution is 6.30. The lowest BCUT2D eigenvalue weighted by Gasteiger charge is -2.25. The molecule has 1 aromatic rings. The van der Waals surface area contributed by atoms with Gasteiger partial charge < -0.3 is 16.4 Å². The van der Waals surface area contributed by atoms with Crippen molar-refractivity contribution in [2.45, 2.75) is 26.3 Å². The lowest BCUT2D eigenvalue weighted by Crippen LogP contribution is -2.35. The Hall–Kier alpha value is -1.26. The van der Waals surface area contributed by atoms with E-state index in [0.717, 1.165) is 30.6 Å². The number of carbonyl (C=O) groups excluding carboxylic acids is 1. The summed E-state index contributed by atoms with van der Waals surface area (Å²) in [6, 6.07) is 5.52. The van der Waals surface area contributed by atoms with E-state index in [4.69, 9.17) is 23.1 Å². The number of nitrogens with zero attached hydrogens (tertiary/aromatic N) is 1. The van der Waals surface area contributed by atoms with Gasteiger partial charge in [-0.25, -0.2) is 0 Å². The molecule has 18 heavy (non-hydrogen) atoms. The predicted octanol–water partition coefficient (Wildman–Crippen LogP) is 1.89. The first kappa shape index (κ1) is 14.8. The van der Waals surface area contributed by atoms with Crippen LogP contribution in [0.3, 0.4) is 0 Å². The fourth-order valence-corrected chi connectivity index (χ4v) is 2.04. The molecule has 0 aliphatic carbocycles. The second-order valence-electron chi connectivity index (χ2n) is 4.22. The van der Waals surface area contributed by atoms with Gasteiger partial charge in [-0.05, 0) is 30.2 Å². The molecule has 0 bridgehead atoms. The van der Waals surface area contributed by atoms with E-state index in [1.165, 1.54) is 0 Å². The maximum atomic E-state index is 11.1. The molecule has 0 heterocycles. The molecule has 0 aromatic heterocycles. The molecule has 0 aliphatic rings. The minimum atomic E-state index is -0.343. The van der Waals surface area contributed by atoms with Gasteiger partial charge in [-0.15, -0.1) is 0 Å². The molecular formula is C13H20ClN3O. The average Bonchev–Trinajstić information content (AvgIpc) is 2.34. The van der Waals surface area contributed by atoms with Gasteiger partial charge in [-0.3, -0.25) is 4.79 Å². The van der Waals surface area contributed by atoms with E-state index in [9.17, 15) is 4.79 Å². The molecule has 0 saturated carbocycles. The van der Waals surface area contributed by atoms with Crippen LogP contribution in [0.25, 0.3) is 0 Å². The number of anilines is 1. The zero-order valence-electron chi connectivity index (χ0n) is 10.7. The molecule has 1 aromatic carbocycles. The van der Waals surface area contributed by atoms with Crippen molar-refractivity contribution in [2.24, 2.45) is 11.5 Å². The summed E-state index contributed by atoms with van der Waals surface area (Å²) in [5, 5.41) is 0.647. The molecule has 0 unspecified atom stereocenters. The van der Waals surface area contributed by atoms with Gasteiger partial charge in [0.2, 0.25) is 5.91 Å². The van der Waals surface area contributed by atoms with Crippen molar-refractivity contribution in [1.82, 2.24) is 0 Å². The second kappa shape index (κ2) is 7.24. The van der Waals surface area contributed by atoms with E-state index in [1.807, 2.05) is 17.0 Å². The fourth-order valence-electron chi connectivity index (χ4n) is 1.85. The molecule has 0 aliphatic heterocycles. The van der Waals surface area contributed by atoms with Crippen molar-refractivity contribution in [3.8, 4) is 0 Å². The van der Waals surface area contributed by atoms with E-state index >= 15 is 0 Å². The summed E-state index contributed by atoms with van der Waals surface area (Å²) in [6.45, 7) is 3.48. The number of carbonyl (C=O) groups is 1. The average molecular weight is 270 g/mol. The summed E-state index contributed by atoms with van der Waals surface area (Å²) in [7, 11) is 0. The molecule has 0 spiro atoms. The Morgan fingerprint density at radius 1 is 1.44 bits per heavy atom. The van der Waals surface area contributed by atoms with Crippen molar-refractivity contribution >= 4 is 23.2 Å². The van der Waals surface area contributed by atoms with Crippen molar-refractivity contribution < 1.29 is 4.79 Å². The third kappa shape index (κ3) is 4.20. The Morgan fingerprint density at radius 2 is 2.17 bits per heavy atom. The third-order valence-electron chi connectivity index (χ3n) is 2.73. The smallest absolute Gasteiger partial charge is 0.236 e. The summed E-state index contributed by atoms with van der Waals surface area (Å²) in [4.78, 5) is 13.1. The number of rotatable bonds is 7. The number of primary amides is 1. The second-order valence-corrected chi connectivity index (χ2v) is 4.66. The molecular weight excluding hydrogens is 250 g/mol. The first-order valence-electron chi connectivity index (χ1n) is 6.10. The first-order chi connectivity index (χ1) is 8.58. The number of halogens is 1. The Balaban J connectivity index is 2.98. The summed E-state index contributed by atoms with van der Waals surface area (Å²) >= 11 is 5.94. The normalized spacial score (nSPS) is 10.4. The highest BCUT2D eigenvalue weighted by Crippen LogP contribution is 2.24. The van der Waals surface area contributed by atoms with Gasteiger partial charge in [0.15, 0.2) is 0 Å². The molecule has 4 N–H and O–H groups in total. The van der Waals surface area contributed by atoms with E-state index < -0.39 is 0 Å². The Morgan fingerprint density at radius 3 is 2.72 bits per heavy atom. The van der Waals surface area contributed by atoms with Gasteiger partial charge in [0.05, 0.1) is 6.54 Å². The van der Waals surface area contributed by atoms with Gasteiger partial charge in [0.25, 0.3) is 0 Å². The van der Waals surface area contributed by atoms with E-state index in [1.54, 1.807) is 6.07 Å². The van der Waals surface area contributed by atoms with E-state index in [-0.39, 0.29) is 12.5 Å². The molecule has 5 heteroatoms. The van der Waals surface area contributed by atoms with Gasteiger partial charge in [-0.2, -0.15) is 0 Å². The molecule has 0 fully saturated rings. The van der Waals surface area contributed by atoms with Crippen LogP contribution >= 0.6 is 11.6 Å². The number of hydrogen-bond acceptors (Lipinski definition) is 3. The van der Waals surface area contributed by atoms with Crippen LogP contribution in [0, 0.1) is 0 Å². The fraction of sp³-hybridized carbons (Fsp3) is 0.462. The summed E-state index contributed by atoms with van der Waals surface area (Å²) in [5.74, 6) is -0.343. The maximum Gasteiger partial charge on any atom is 0.236 e. The third-order valence-corrected chi connectivity index (χ3v) is 2.97. The molecule has 1 rings (SSSR count). The zero-order chi connectivity index (χ0) is 13.5. The van der Waals surface area contributed by atoms with Crippen LogP contribution in [0.2, 0.25) is 5.02 Å². The highest BCUT2D eigenvalue weighted by atomic mass is 35.5. The zero-order valence-corrected chi connectivity index (χ0v) is 11.4. The Bertz CT molecular complexity index is 409. The molecule has 0 radical (unpaired) electrons. The monoisotopic (exact) mass is 269 g/mol. The minimum Gasteiger partial charge on any atom is -0.368 e. The van der Waals surface area contributed by atoms with Gasteiger partial charge >= 0.3 is 0 Å². The van der Waals surface area contributed by atoms with Crippen LogP contribution in [0.15, 0.2) is 18.2 Å². The quantitative estimate of drug-likeness (QED) is 0.794. The Kier molecular flexibility index (Phi) is 5.95. The van der Waals surface area contributed by atoms with Crippen molar-refractivity contribution in [3.05, 3.63) is 28.8 Å². The van der Waals surface area contributed by atoms with Crippen LogP contribution in [0.1, 0.15) is 25.3 Å². The van der Waals surface area contributed by atoms with E-state index in [0.29, 0.717) is 11.6 Å². The highest BCUT2D eigenvalue weighted by Gasteiger charge is 2.12. The summed E-state index contributed by atoms with van der Waals surface area (Å²) in [6.07, 6.45) is 2.06. The number of amides is 1. The van der Waals surface area contributed by atoms with Crippen molar-refractivity contribution in [1.29, 1.82) is 0 Å². The van der Waals surface area contributed by atoms with E-state index in [2.05, 4.69) is 6.92 Å². The number of hydrogen-bond donors (Lipinski definition) is 2. The molecule has 4 nitrogen and oxygen atoms in total. The van der Waals surface area contributed by atoms with Crippen LogP contribution < -0.4 is 16.4 Å². The lowest BCUT2D eigenvalue weighted by atomic mass is 10.1. The number of benzene rings is 1. The maximum absolute atomic E-state index is 11.1.